The monoisotopic (exact) mass is 375 g/mol. The van der Waals surface area contributed by atoms with Crippen molar-refractivity contribution in [3.8, 4) is 0 Å². The predicted octanol–water partition coefficient (Wildman–Crippen LogP) is 4.49. The third-order valence-corrected chi connectivity index (χ3v) is 5.49. The molecule has 1 fully saturated rings. The molecule has 1 saturated heterocycles. The summed E-state index contributed by atoms with van der Waals surface area (Å²) in [6, 6.07) is 9.07. The van der Waals surface area contributed by atoms with E-state index in [-0.39, 0.29) is 11.9 Å². The lowest BCUT2D eigenvalue weighted by atomic mass is 10.0. The van der Waals surface area contributed by atoms with E-state index in [2.05, 4.69) is 34.1 Å². The molecule has 0 bridgehead atoms. The summed E-state index contributed by atoms with van der Waals surface area (Å²) in [4.78, 5) is 9.40. The van der Waals surface area contributed by atoms with Gasteiger partial charge in [-0.2, -0.15) is 5.10 Å². The second kappa shape index (κ2) is 6.78. The molecule has 142 valence electrons. The smallest absolute Gasteiger partial charge is 0.181 e. The standard InChI is InChI=1S/C22H22FN5/c1-16-5-3-10-26(15-16)20-14-24-28-12-9-21(25-22(20)28)27-11-4-8-19(27)17-6-2-7-18(23)13-17/h2-3,5-7,9-10,12-14,19H,4,8,11,15H2,1H3/t19-/m1/s1. The second-order valence-corrected chi connectivity index (χ2v) is 7.47. The molecule has 5 rings (SSSR count). The lowest BCUT2D eigenvalue weighted by molar-refractivity contribution is 0.618. The SMILES string of the molecule is CC1=CC=CN(c2cnn3ccc(N4CCC[C@@H]4c4cccc(F)c4)nc23)C1. The summed E-state index contributed by atoms with van der Waals surface area (Å²) in [7, 11) is 0. The molecule has 0 spiro atoms. The van der Waals surface area contributed by atoms with Crippen molar-refractivity contribution in [2.75, 3.05) is 22.9 Å². The van der Waals surface area contributed by atoms with E-state index in [0.717, 1.165) is 48.6 Å². The van der Waals surface area contributed by atoms with Gasteiger partial charge in [-0.25, -0.2) is 13.9 Å². The van der Waals surface area contributed by atoms with Crippen LogP contribution in [0.4, 0.5) is 15.9 Å². The van der Waals surface area contributed by atoms with Gasteiger partial charge in [0.25, 0.3) is 0 Å². The normalized spacial score (nSPS) is 19.5. The minimum atomic E-state index is -0.189. The van der Waals surface area contributed by atoms with Gasteiger partial charge < -0.3 is 9.80 Å². The number of hydrogen-bond acceptors (Lipinski definition) is 4. The Morgan fingerprint density at radius 1 is 1.21 bits per heavy atom. The summed E-state index contributed by atoms with van der Waals surface area (Å²) in [6.07, 6.45) is 12.1. The molecule has 0 saturated carbocycles. The van der Waals surface area contributed by atoms with Crippen LogP contribution in [0.3, 0.4) is 0 Å². The average Bonchev–Trinajstić information content (AvgIpc) is 3.34. The number of aromatic nitrogens is 3. The molecular weight excluding hydrogens is 353 g/mol. The number of benzene rings is 1. The van der Waals surface area contributed by atoms with Crippen LogP contribution >= 0.6 is 0 Å². The summed E-state index contributed by atoms with van der Waals surface area (Å²) in [5.41, 5.74) is 4.13. The van der Waals surface area contributed by atoms with Gasteiger partial charge in [0.05, 0.1) is 12.2 Å². The van der Waals surface area contributed by atoms with Gasteiger partial charge in [-0.15, -0.1) is 0 Å². The van der Waals surface area contributed by atoms with Crippen LogP contribution in [0.5, 0.6) is 0 Å². The molecule has 0 N–H and O–H groups in total. The molecule has 0 radical (unpaired) electrons. The van der Waals surface area contributed by atoms with Crippen LogP contribution in [0.25, 0.3) is 5.65 Å². The Morgan fingerprint density at radius 3 is 3.00 bits per heavy atom. The Balaban J connectivity index is 1.51. The maximum Gasteiger partial charge on any atom is 0.181 e. The first-order valence-corrected chi connectivity index (χ1v) is 9.66. The molecule has 2 aromatic heterocycles. The molecule has 5 nitrogen and oxygen atoms in total. The van der Waals surface area contributed by atoms with Crippen LogP contribution in [-0.2, 0) is 0 Å². The first-order valence-electron chi connectivity index (χ1n) is 9.66. The van der Waals surface area contributed by atoms with E-state index in [1.54, 1.807) is 12.1 Å². The fourth-order valence-electron chi connectivity index (χ4n) is 4.16. The van der Waals surface area contributed by atoms with Crippen molar-refractivity contribution in [1.82, 2.24) is 14.6 Å². The highest BCUT2D eigenvalue weighted by Gasteiger charge is 2.28. The zero-order valence-electron chi connectivity index (χ0n) is 15.8. The molecule has 28 heavy (non-hydrogen) atoms. The lowest BCUT2D eigenvalue weighted by Gasteiger charge is -2.26. The molecule has 0 aliphatic carbocycles. The molecule has 3 aromatic rings. The maximum absolute atomic E-state index is 13.7. The number of halogens is 1. The van der Waals surface area contributed by atoms with E-state index < -0.39 is 0 Å². The summed E-state index contributed by atoms with van der Waals surface area (Å²) in [5, 5.41) is 4.47. The van der Waals surface area contributed by atoms with Gasteiger partial charge in [0.1, 0.15) is 17.3 Å². The molecule has 1 aromatic carbocycles. The third-order valence-electron chi connectivity index (χ3n) is 5.49. The van der Waals surface area contributed by atoms with Crippen LogP contribution in [0.15, 0.2) is 66.7 Å². The third kappa shape index (κ3) is 2.95. The Hall–Kier alpha value is -3.15. The maximum atomic E-state index is 13.7. The van der Waals surface area contributed by atoms with Crippen molar-refractivity contribution in [3.05, 3.63) is 78.0 Å². The summed E-state index contributed by atoms with van der Waals surface area (Å²) in [6.45, 7) is 3.87. The van der Waals surface area contributed by atoms with Gasteiger partial charge in [-0.05, 0) is 49.6 Å². The number of anilines is 2. The van der Waals surface area contributed by atoms with Crippen LogP contribution in [-0.4, -0.2) is 27.7 Å². The first-order chi connectivity index (χ1) is 13.7. The topological polar surface area (TPSA) is 36.7 Å². The minimum absolute atomic E-state index is 0.150. The fraction of sp³-hybridized carbons (Fsp3) is 0.273. The number of nitrogens with zero attached hydrogens (tertiary/aromatic N) is 5. The molecule has 1 atom stereocenters. The van der Waals surface area contributed by atoms with Gasteiger partial charge in [0.15, 0.2) is 5.65 Å². The average molecular weight is 375 g/mol. The molecular formula is C22H22FN5. The molecule has 2 aliphatic heterocycles. The van der Waals surface area contributed by atoms with Crippen molar-refractivity contribution >= 4 is 17.2 Å². The van der Waals surface area contributed by atoms with E-state index in [9.17, 15) is 4.39 Å². The summed E-state index contributed by atoms with van der Waals surface area (Å²) in [5.74, 6) is 0.723. The number of fused-ring (bicyclic) bond motifs is 1. The highest BCUT2D eigenvalue weighted by Crippen LogP contribution is 2.36. The molecule has 0 unspecified atom stereocenters. The van der Waals surface area contributed by atoms with Crippen molar-refractivity contribution < 1.29 is 4.39 Å². The first kappa shape index (κ1) is 17.0. The molecule has 2 aliphatic rings. The van der Waals surface area contributed by atoms with Crippen molar-refractivity contribution in [2.45, 2.75) is 25.8 Å². The van der Waals surface area contributed by atoms with Gasteiger partial charge >= 0.3 is 0 Å². The highest BCUT2D eigenvalue weighted by atomic mass is 19.1. The van der Waals surface area contributed by atoms with E-state index in [4.69, 9.17) is 4.98 Å². The van der Waals surface area contributed by atoms with Gasteiger partial charge in [-0.1, -0.05) is 23.8 Å². The lowest BCUT2D eigenvalue weighted by Crippen LogP contribution is -2.24. The number of allylic oxidation sites excluding steroid dienone is 2. The van der Waals surface area contributed by atoms with Gasteiger partial charge in [-0.3, -0.25) is 0 Å². The van der Waals surface area contributed by atoms with E-state index in [1.807, 2.05) is 35.1 Å². The zero-order valence-corrected chi connectivity index (χ0v) is 15.8. The Bertz CT molecular complexity index is 1080. The van der Waals surface area contributed by atoms with E-state index in [0.29, 0.717) is 0 Å². The summed E-state index contributed by atoms with van der Waals surface area (Å²) >= 11 is 0. The Kier molecular flexibility index (Phi) is 4.11. The fourth-order valence-corrected chi connectivity index (χ4v) is 4.16. The van der Waals surface area contributed by atoms with Crippen LogP contribution < -0.4 is 9.80 Å². The highest BCUT2D eigenvalue weighted by molar-refractivity contribution is 5.72. The molecule has 6 heteroatoms. The molecule has 4 heterocycles. The van der Waals surface area contributed by atoms with Crippen molar-refractivity contribution in [3.63, 3.8) is 0 Å². The number of hydrogen-bond donors (Lipinski definition) is 0. The molecule has 0 amide bonds. The van der Waals surface area contributed by atoms with Gasteiger partial charge in [0.2, 0.25) is 0 Å². The second-order valence-electron chi connectivity index (χ2n) is 7.47. The minimum Gasteiger partial charge on any atom is -0.349 e. The summed E-state index contributed by atoms with van der Waals surface area (Å²) < 4.78 is 15.6. The van der Waals surface area contributed by atoms with Crippen LogP contribution in [0, 0.1) is 5.82 Å². The van der Waals surface area contributed by atoms with Crippen molar-refractivity contribution in [1.29, 1.82) is 0 Å². The van der Waals surface area contributed by atoms with E-state index in [1.165, 1.54) is 11.6 Å². The Labute approximate surface area is 163 Å². The predicted molar refractivity (Wildman–Crippen MR) is 109 cm³/mol. The zero-order chi connectivity index (χ0) is 19.1. The largest absolute Gasteiger partial charge is 0.349 e. The number of rotatable bonds is 3. The van der Waals surface area contributed by atoms with E-state index >= 15 is 0 Å². The van der Waals surface area contributed by atoms with Gasteiger partial charge in [0, 0.05) is 25.5 Å². The van der Waals surface area contributed by atoms with Crippen LogP contribution in [0.2, 0.25) is 0 Å². The van der Waals surface area contributed by atoms with Crippen LogP contribution in [0.1, 0.15) is 31.4 Å². The quantitative estimate of drug-likeness (QED) is 0.676. The Morgan fingerprint density at radius 2 is 2.14 bits per heavy atom. The van der Waals surface area contributed by atoms with Crippen molar-refractivity contribution in [2.24, 2.45) is 0 Å².